The van der Waals surface area contributed by atoms with Crippen molar-refractivity contribution in [2.24, 2.45) is 0 Å². The van der Waals surface area contributed by atoms with Crippen molar-refractivity contribution in [2.75, 3.05) is 4.90 Å². The summed E-state index contributed by atoms with van der Waals surface area (Å²) in [4.78, 5) is 34.8. The zero-order valence-corrected chi connectivity index (χ0v) is 20.6. The van der Waals surface area contributed by atoms with Gasteiger partial charge in [-0.1, -0.05) is 23.7 Å². The van der Waals surface area contributed by atoms with E-state index in [0.29, 0.717) is 4.90 Å². The van der Waals surface area contributed by atoms with Gasteiger partial charge in [-0.05, 0) is 43.4 Å². The van der Waals surface area contributed by atoms with Crippen LogP contribution in [0, 0.1) is 0 Å². The Hall–Kier alpha value is -2.83. The van der Waals surface area contributed by atoms with Crippen molar-refractivity contribution in [3.05, 3.63) is 54.1 Å². The Labute approximate surface area is 220 Å². The maximum atomic E-state index is 14.2. The topological polar surface area (TPSA) is 75.2 Å². The molecule has 2 aliphatic rings. The summed E-state index contributed by atoms with van der Waals surface area (Å²) in [5.74, 6) is -5.42. The van der Waals surface area contributed by atoms with Gasteiger partial charge in [0.15, 0.2) is 0 Å². The number of anilines is 1. The molecule has 6 nitrogen and oxygen atoms in total. The fourth-order valence-electron chi connectivity index (χ4n) is 4.73. The molecule has 14 heteroatoms. The highest BCUT2D eigenvalue weighted by Gasteiger charge is 2.64. The van der Waals surface area contributed by atoms with Crippen LogP contribution in [0.25, 0.3) is 0 Å². The predicted molar refractivity (Wildman–Crippen MR) is 126 cm³/mol. The molecule has 2 radical (unpaired) electrons. The van der Waals surface area contributed by atoms with Gasteiger partial charge in [-0.15, -0.1) is 0 Å². The lowest BCUT2D eigenvalue weighted by molar-refractivity contribution is -0.160. The summed E-state index contributed by atoms with van der Waals surface area (Å²) in [6.45, 7) is 0. The van der Waals surface area contributed by atoms with Gasteiger partial charge in [0.1, 0.15) is 19.6 Å². The molecule has 0 unspecified atom stereocenters. The summed E-state index contributed by atoms with van der Waals surface area (Å²) < 4.78 is 82.3. The molecule has 0 saturated heterocycles. The summed E-state index contributed by atoms with van der Waals surface area (Å²) >= 11 is 5.46. The molecule has 2 saturated carbocycles. The van der Waals surface area contributed by atoms with E-state index in [1.807, 2.05) is 0 Å². The van der Waals surface area contributed by atoms with Crippen molar-refractivity contribution in [1.82, 2.24) is 15.3 Å². The molecule has 1 aromatic heterocycles. The third-order valence-electron chi connectivity index (χ3n) is 7.13. The van der Waals surface area contributed by atoms with Crippen LogP contribution in [0.2, 0.25) is 0 Å². The number of rotatable bonds is 7. The SMILES string of the molecule is [B][C@@](C(=O)NC1CCC(F)(F)CC1)(c1cncnc1)N(C(=O)[C@H](F)Cl)c1ccc(C2(C(F)(F)F)CC2)cc1. The molecule has 0 aliphatic heterocycles. The first kappa shape index (κ1) is 28.2. The van der Waals surface area contributed by atoms with Crippen LogP contribution < -0.4 is 10.2 Å². The minimum atomic E-state index is -4.50. The zero-order valence-electron chi connectivity index (χ0n) is 19.8. The number of nitrogens with zero attached hydrogens (tertiary/aromatic N) is 3. The summed E-state index contributed by atoms with van der Waals surface area (Å²) in [6, 6.07) is 3.74. The number of carbonyl (C=O) groups is 2. The second-order valence-corrected chi connectivity index (χ2v) is 9.98. The molecule has 2 amide bonds. The zero-order chi connectivity index (χ0) is 27.9. The summed E-state index contributed by atoms with van der Waals surface area (Å²) in [7, 11) is 6.51. The van der Waals surface area contributed by atoms with Gasteiger partial charge in [0.25, 0.3) is 11.5 Å². The average molecular weight is 559 g/mol. The molecule has 1 aromatic carbocycles. The summed E-state index contributed by atoms with van der Waals surface area (Å²) in [5, 5.41) is 2.54. The van der Waals surface area contributed by atoms with E-state index < -0.39 is 59.3 Å². The molecule has 2 aliphatic carbocycles. The van der Waals surface area contributed by atoms with Crippen LogP contribution in [0.1, 0.15) is 49.7 Å². The maximum absolute atomic E-state index is 14.2. The molecule has 1 heterocycles. The van der Waals surface area contributed by atoms with Crippen LogP contribution in [-0.2, 0) is 20.4 Å². The number of carbonyl (C=O) groups excluding carboxylic acids is 2. The highest BCUT2D eigenvalue weighted by Crippen LogP contribution is 2.59. The van der Waals surface area contributed by atoms with Crippen LogP contribution in [0.3, 0.4) is 0 Å². The monoisotopic (exact) mass is 558 g/mol. The van der Waals surface area contributed by atoms with Gasteiger partial charge in [0, 0.05) is 42.5 Å². The Morgan fingerprint density at radius 2 is 1.61 bits per heavy atom. The lowest BCUT2D eigenvalue weighted by Gasteiger charge is -2.42. The van der Waals surface area contributed by atoms with E-state index in [4.69, 9.17) is 19.4 Å². The Kier molecular flexibility index (Phi) is 7.46. The fourth-order valence-corrected chi connectivity index (χ4v) is 4.83. The minimum absolute atomic E-state index is 0.0675. The van der Waals surface area contributed by atoms with E-state index in [9.17, 15) is 35.9 Å². The Bertz CT molecular complexity index is 1170. The summed E-state index contributed by atoms with van der Waals surface area (Å²) in [5.41, 5.74) is -7.72. The van der Waals surface area contributed by atoms with Gasteiger partial charge in [-0.3, -0.25) is 14.5 Å². The first-order valence-electron chi connectivity index (χ1n) is 11.7. The molecule has 2 aromatic rings. The quantitative estimate of drug-likeness (QED) is 0.305. The molecule has 2 atom stereocenters. The van der Waals surface area contributed by atoms with E-state index in [1.54, 1.807) is 0 Å². The highest BCUT2D eigenvalue weighted by atomic mass is 35.5. The average Bonchev–Trinajstić information content (AvgIpc) is 3.68. The van der Waals surface area contributed by atoms with Gasteiger partial charge in [-0.25, -0.2) is 23.1 Å². The molecule has 0 spiro atoms. The molecular weight excluding hydrogens is 537 g/mol. The molecule has 38 heavy (non-hydrogen) atoms. The molecule has 0 bridgehead atoms. The second kappa shape index (κ2) is 10.1. The summed E-state index contributed by atoms with van der Waals surface area (Å²) in [6.07, 6.45) is -2.55. The Morgan fingerprint density at radius 3 is 2.08 bits per heavy atom. The smallest absolute Gasteiger partial charge is 0.352 e. The number of alkyl halides is 7. The molecule has 1 N–H and O–H groups in total. The standard InChI is InChI=1S/C24H22BClF6N4O2/c25-23(15-11-33-13-34-12-15,20(38)35-16-5-7-22(28,29)8-6-16)36(19(37)18(26)27)17-3-1-14(2-4-17)21(9-10-21)24(30,31)32/h1-4,11-13,16,18H,5-10H2,(H,35,38)/t18-,23-/m0/s1. The van der Waals surface area contributed by atoms with E-state index in [0.717, 1.165) is 43.0 Å². The number of hydrogen-bond donors (Lipinski definition) is 1. The fraction of sp³-hybridized carbons (Fsp3) is 0.500. The maximum Gasteiger partial charge on any atom is 0.398 e. The third kappa shape index (κ3) is 5.21. The van der Waals surface area contributed by atoms with Gasteiger partial charge in [-0.2, -0.15) is 13.2 Å². The van der Waals surface area contributed by atoms with Gasteiger partial charge < -0.3 is 5.32 Å². The van der Waals surface area contributed by atoms with Crippen LogP contribution in [0.4, 0.5) is 32.0 Å². The van der Waals surface area contributed by atoms with E-state index in [1.165, 1.54) is 0 Å². The normalized spacial score (nSPS) is 21.1. The number of nitrogens with one attached hydrogen (secondary N) is 1. The first-order valence-corrected chi connectivity index (χ1v) is 12.2. The molecular formula is C24H22BClF6N4O2. The van der Waals surface area contributed by atoms with Crippen molar-refractivity contribution < 1.29 is 35.9 Å². The van der Waals surface area contributed by atoms with Crippen LogP contribution in [0.15, 0.2) is 43.0 Å². The van der Waals surface area contributed by atoms with E-state index >= 15 is 0 Å². The third-order valence-corrected chi connectivity index (χ3v) is 7.32. The van der Waals surface area contributed by atoms with Crippen LogP contribution in [-0.4, -0.2) is 53.4 Å². The lowest BCUT2D eigenvalue weighted by Crippen LogP contribution is -2.62. The lowest BCUT2D eigenvalue weighted by atomic mass is 9.69. The van der Waals surface area contributed by atoms with Gasteiger partial charge in [0.05, 0.1) is 5.41 Å². The van der Waals surface area contributed by atoms with Crippen molar-refractivity contribution >= 4 is 36.9 Å². The first-order chi connectivity index (χ1) is 17.7. The van der Waals surface area contributed by atoms with Crippen LogP contribution in [0.5, 0.6) is 0 Å². The highest BCUT2D eigenvalue weighted by molar-refractivity contribution is 6.37. The Balaban J connectivity index is 1.75. The van der Waals surface area contributed by atoms with Crippen molar-refractivity contribution in [3.63, 3.8) is 0 Å². The number of amides is 2. The van der Waals surface area contributed by atoms with Gasteiger partial charge >= 0.3 is 6.18 Å². The number of benzene rings is 1. The number of halogens is 7. The van der Waals surface area contributed by atoms with Crippen LogP contribution >= 0.6 is 11.6 Å². The van der Waals surface area contributed by atoms with E-state index in [2.05, 4.69) is 15.3 Å². The van der Waals surface area contributed by atoms with Crippen molar-refractivity contribution in [3.8, 4) is 0 Å². The van der Waals surface area contributed by atoms with Gasteiger partial charge in [0.2, 0.25) is 11.8 Å². The van der Waals surface area contributed by atoms with Crippen molar-refractivity contribution in [2.45, 2.75) is 73.1 Å². The largest absolute Gasteiger partial charge is 0.398 e. The molecule has 4 rings (SSSR count). The number of aromatic nitrogens is 2. The number of hydrogen-bond acceptors (Lipinski definition) is 4. The second-order valence-electron chi connectivity index (χ2n) is 9.60. The molecule has 202 valence electrons. The van der Waals surface area contributed by atoms with Crippen molar-refractivity contribution in [1.29, 1.82) is 0 Å². The predicted octanol–water partition coefficient (Wildman–Crippen LogP) is 4.65. The Morgan fingerprint density at radius 1 is 1.05 bits per heavy atom. The molecule has 2 fully saturated rings. The minimum Gasteiger partial charge on any atom is -0.352 e. The van der Waals surface area contributed by atoms with E-state index in [-0.39, 0.29) is 42.5 Å².